The Hall–Kier alpha value is -2.24. The van der Waals surface area contributed by atoms with Gasteiger partial charge in [-0.2, -0.15) is 0 Å². The van der Waals surface area contributed by atoms with E-state index in [0.29, 0.717) is 28.2 Å². The van der Waals surface area contributed by atoms with Gasteiger partial charge in [0.05, 0.1) is 27.9 Å². The Morgan fingerprint density at radius 3 is 2.68 bits per heavy atom. The Morgan fingerprint density at radius 2 is 2.00 bits per heavy atom. The number of ether oxygens (including phenoxy) is 1. The molecule has 5 nitrogen and oxygen atoms in total. The van der Waals surface area contributed by atoms with Crippen LogP contribution in [0, 0.1) is 0 Å². The number of pyridine rings is 1. The first-order valence-electron chi connectivity index (χ1n) is 7.86. The fourth-order valence-corrected chi connectivity index (χ4v) is 3.13. The second-order valence-electron chi connectivity index (χ2n) is 5.47. The van der Waals surface area contributed by atoms with Gasteiger partial charge in [-0.05, 0) is 38.1 Å². The third-order valence-electron chi connectivity index (χ3n) is 3.90. The van der Waals surface area contributed by atoms with Gasteiger partial charge in [0.15, 0.2) is 0 Å². The van der Waals surface area contributed by atoms with Crippen LogP contribution in [-0.2, 0) is 9.53 Å². The number of esters is 1. The zero-order chi connectivity index (χ0) is 18.0. The van der Waals surface area contributed by atoms with Crippen LogP contribution in [0.4, 0.5) is 11.5 Å². The molecule has 0 bridgehead atoms. The number of benzene rings is 1. The molecule has 1 N–H and O–H groups in total. The van der Waals surface area contributed by atoms with Crippen LogP contribution in [0.2, 0.25) is 10.0 Å². The van der Waals surface area contributed by atoms with E-state index in [1.54, 1.807) is 38.2 Å². The summed E-state index contributed by atoms with van der Waals surface area (Å²) in [6.07, 6.45) is 3.51. The minimum absolute atomic E-state index is 0.277. The summed E-state index contributed by atoms with van der Waals surface area (Å²) < 4.78 is 6.96. The van der Waals surface area contributed by atoms with Gasteiger partial charge < -0.3 is 14.6 Å². The number of hydrogen-bond acceptors (Lipinski definition) is 4. The van der Waals surface area contributed by atoms with Gasteiger partial charge in [0.1, 0.15) is 11.9 Å². The normalized spacial score (nSPS) is 12.2. The topological polar surface area (TPSA) is 56.1 Å². The van der Waals surface area contributed by atoms with Crippen molar-refractivity contribution in [3.8, 4) is 0 Å². The van der Waals surface area contributed by atoms with Crippen LogP contribution in [0.3, 0.4) is 0 Å². The lowest BCUT2D eigenvalue weighted by Gasteiger charge is -2.14. The van der Waals surface area contributed by atoms with E-state index in [-0.39, 0.29) is 5.97 Å². The van der Waals surface area contributed by atoms with Gasteiger partial charge in [-0.25, -0.2) is 9.78 Å². The molecular formula is C18H17Cl2N3O2. The molecule has 0 spiro atoms. The fourth-order valence-electron chi connectivity index (χ4n) is 2.64. The molecule has 0 saturated carbocycles. The van der Waals surface area contributed by atoms with Crippen molar-refractivity contribution in [2.45, 2.75) is 19.9 Å². The van der Waals surface area contributed by atoms with Gasteiger partial charge in [-0.3, -0.25) is 0 Å². The molecule has 0 aliphatic rings. The van der Waals surface area contributed by atoms with Crippen molar-refractivity contribution in [3.63, 3.8) is 0 Å². The Morgan fingerprint density at radius 1 is 1.28 bits per heavy atom. The Kier molecular flexibility index (Phi) is 5.16. The molecule has 3 aromatic rings. The maximum absolute atomic E-state index is 12.0. The zero-order valence-electron chi connectivity index (χ0n) is 13.8. The molecule has 0 aliphatic heterocycles. The number of carbonyl (C=O) groups is 1. The van der Waals surface area contributed by atoms with Crippen LogP contribution in [0.5, 0.6) is 0 Å². The summed E-state index contributed by atoms with van der Waals surface area (Å²) in [5, 5.41) is 5.05. The number of para-hydroxylation sites is 1. The van der Waals surface area contributed by atoms with E-state index in [1.807, 2.05) is 22.9 Å². The average molecular weight is 378 g/mol. The van der Waals surface area contributed by atoms with Gasteiger partial charge in [0.2, 0.25) is 0 Å². The van der Waals surface area contributed by atoms with Gasteiger partial charge in [-0.1, -0.05) is 29.3 Å². The summed E-state index contributed by atoms with van der Waals surface area (Å²) in [6.45, 7) is 3.94. The van der Waals surface area contributed by atoms with Crippen LogP contribution < -0.4 is 5.32 Å². The number of aromatic nitrogens is 2. The smallest absolute Gasteiger partial charge is 0.328 e. The van der Waals surface area contributed by atoms with E-state index in [0.717, 1.165) is 10.9 Å². The summed E-state index contributed by atoms with van der Waals surface area (Å²) in [4.78, 5) is 16.4. The minimum Gasteiger partial charge on any atom is -0.464 e. The maximum Gasteiger partial charge on any atom is 0.328 e. The van der Waals surface area contributed by atoms with Crippen molar-refractivity contribution in [1.29, 1.82) is 0 Å². The molecule has 1 unspecified atom stereocenters. The number of rotatable bonds is 5. The molecule has 0 fully saturated rings. The number of fused-ring (bicyclic) bond motifs is 1. The number of anilines is 2. The fraction of sp³-hybridized carbons (Fsp3) is 0.222. The maximum atomic E-state index is 12.0. The van der Waals surface area contributed by atoms with Crippen LogP contribution in [-0.4, -0.2) is 22.1 Å². The predicted molar refractivity (Wildman–Crippen MR) is 101 cm³/mol. The highest BCUT2D eigenvalue weighted by Crippen LogP contribution is 2.34. The highest BCUT2D eigenvalue weighted by molar-refractivity contribution is 6.39. The highest BCUT2D eigenvalue weighted by atomic mass is 35.5. The van der Waals surface area contributed by atoms with Crippen molar-refractivity contribution in [1.82, 2.24) is 9.55 Å². The van der Waals surface area contributed by atoms with E-state index >= 15 is 0 Å². The summed E-state index contributed by atoms with van der Waals surface area (Å²) in [5.41, 5.74) is 1.46. The van der Waals surface area contributed by atoms with Crippen molar-refractivity contribution < 1.29 is 9.53 Å². The lowest BCUT2D eigenvalue weighted by atomic mass is 10.2. The van der Waals surface area contributed by atoms with Gasteiger partial charge in [0.25, 0.3) is 0 Å². The van der Waals surface area contributed by atoms with Crippen LogP contribution in [0.1, 0.15) is 19.9 Å². The average Bonchev–Trinajstić information content (AvgIpc) is 3.02. The third-order valence-corrected chi connectivity index (χ3v) is 4.53. The number of hydrogen-bond donors (Lipinski definition) is 1. The molecule has 2 aromatic heterocycles. The van der Waals surface area contributed by atoms with Crippen molar-refractivity contribution >= 4 is 51.6 Å². The van der Waals surface area contributed by atoms with Gasteiger partial charge in [-0.15, -0.1) is 0 Å². The molecule has 0 aliphatic carbocycles. The quantitative estimate of drug-likeness (QED) is 0.619. The minimum atomic E-state index is -0.434. The Bertz CT molecular complexity index is 904. The largest absolute Gasteiger partial charge is 0.464 e. The molecule has 2 heterocycles. The molecule has 3 rings (SSSR count). The van der Waals surface area contributed by atoms with Gasteiger partial charge >= 0.3 is 5.97 Å². The van der Waals surface area contributed by atoms with Crippen LogP contribution in [0.15, 0.2) is 42.7 Å². The SMILES string of the molecule is CCOC(=O)C(C)n1ccc2c(Nc3c(Cl)cccc3Cl)nccc21. The van der Waals surface area contributed by atoms with Crippen molar-refractivity contribution in [2.75, 3.05) is 11.9 Å². The summed E-state index contributed by atoms with van der Waals surface area (Å²) in [7, 11) is 0. The third kappa shape index (κ3) is 3.43. The Balaban J connectivity index is 2.00. The van der Waals surface area contributed by atoms with E-state index in [2.05, 4.69) is 10.3 Å². The summed E-state index contributed by atoms with van der Waals surface area (Å²) in [5.74, 6) is 0.336. The summed E-state index contributed by atoms with van der Waals surface area (Å²) in [6, 6.07) is 8.60. The molecule has 1 atom stereocenters. The molecule has 7 heteroatoms. The first-order chi connectivity index (χ1) is 12.0. The number of halogens is 2. The lowest BCUT2D eigenvalue weighted by Crippen LogP contribution is -2.18. The van der Waals surface area contributed by atoms with E-state index in [4.69, 9.17) is 27.9 Å². The van der Waals surface area contributed by atoms with Crippen molar-refractivity contribution in [2.24, 2.45) is 0 Å². The van der Waals surface area contributed by atoms with E-state index < -0.39 is 6.04 Å². The van der Waals surface area contributed by atoms with Gasteiger partial charge in [0, 0.05) is 17.8 Å². The first-order valence-corrected chi connectivity index (χ1v) is 8.61. The molecule has 0 amide bonds. The predicted octanol–water partition coefficient (Wildman–Crippen LogP) is 5.21. The lowest BCUT2D eigenvalue weighted by molar-refractivity contribution is -0.146. The first kappa shape index (κ1) is 17.6. The van der Waals surface area contributed by atoms with E-state index in [9.17, 15) is 4.79 Å². The number of nitrogens with one attached hydrogen (secondary N) is 1. The molecule has 0 radical (unpaired) electrons. The standard InChI is InChI=1S/C18H17Cl2N3O2/c1-3-25-18(24)11(2)23-10-8-12-15(23)7-9-21-17(12)22-16-13(19)5-4-6-14(16)20/h4-11H,3H2,1-2H3,(H,21,22). The summed E-state index contributed by atoms with van der Waals surface area (Å²) >= 11 is 12.4. The molecule has 1 aromatic carbocycles. The second-order valence-corrected chi connectivity index (χ2v) is 6.28. The zero-order valence-corrected chi connectivity index (χ0v) is 15.3. The highest BCUT2D eigenvalue weighted by Gasteiger charge is 2.19. The monoisotopic (exact) mass is 377 g/mol. The molecule has 25 heavy (non-hydrogen) atoms. The molecule has 0 saturated heterocycles. The van der Waals surface area contributed by atoms with E-state index in [1.165, 1.54) is 0 Å². The molecule has 130 valence electrons. The van der Waals surface area contributed by atoms with Crippen molar-refractivity contribution in [3.05, 3.63) is 52.8 Å². The molecular weight excluding hydrogens is 361 g/mol. The van der Waals surface area contributed by atoms with Crippen LogP contribution in [0.25, 0.3) is 10.9 Å². The Labute approximate surface area is 155 Å². The van der Waals surface area contributed by atoms with Crippen LogP contribution >= 0.6 is 23.2 Å². The number of nitrogens with zero attached hydrogens (tertiary/aromatic N) is 2. The second kappa shape index (κ2) is 7.33. The number of carbonyl (C=O) groups excluding carboxylic acids is 1.